The summed E-state index contributed by atoms with van der Waals surface area (Å²) in [6.45, 7) is 5.28. The van der Waals surface area contributed by atoms with Gasteiger partial charge in [-0.3, -0.25) is 4.79 Å². The second kappa shape index (κ2) is 9.16. The molecular weight excluding hydrogens is 346 g/mol. The first-order valence-corrected chi connectivity index (χ1v) is 10.3. The first kappa shape index (κ1) is 18.9. The van der Waals surface area contributed by atoms with Gasteiger partial charge in [0.2, 0.25) is 11.1 Å². The summed E-state index contributed by atoms with van der Waals surface area (Å²) in [7, 11) is 0. The van der Waals surface area contributed by atoms with Crippen LogP contribution in [0.1, 0.15) is 57.6 Å². The number of nitrogens with zero attached hydrogens (tertiary/aromatic N) is 5. The van der Waals surface area contributed by atoms with E-state index in [0.29, 0.717) is 19.1 Å². The minimum absolute atomic E-state index is 0.125. The molecule has 0 spiro atoms. The van der Waals surface area contributed by atoms with Crippen LogP contribution in [0, 0.1) is 0 Å². The number of aromatic nitrogens is 4. The van der Waals surface area contributed by atoms with Crippen molar-refractivity contribution in [2.75, 3.05) is 6.54 Å². The highest BCUT2D eigenvalue weighted by atomic mass is 32.2. The molecule has 1 unspecified atom stereocenters. The Morgan fingerprint density at radius 1 is 1.27 bits per heavy atom. The molecule has 26 heavy (non-hydrogen) atoms. The van der Waals surface area contributed by atoms with Crippen molar-refractivity contribution >= 4 is 17.7 Å². The smallest absolute Gasteiger partial charge is 0.236 e. The van der Waals surface area contributed by atoms with Crippen molar-refractivity contribution in [3.05, 3.63) is 35.9 Å². The average molecular weight is 374 g/mol. The quantitative estimate of drug-likeness (QED) is 0.692. The largest absolute Gasteiger partial charge is 0.338 e. The zero-order valence-corrected chi connectivity index (χ0v) is 16.4. The number of benzene rings is 1. The van der Waals surface area contributed by atoms with Gasteiger partial charge in [-0.2, -0.15) is 0 Å². The monoisotopic (exact) mass is 373 g/mol. The van der Waals surface area contributed by atoms with E-state index in [2.05, 4.69) is 27.7 Å². The van der Waals surface area contributed by atoms with Gasteiger partial charge in [0.1, 0.15) is 0 Å². The summed E-state index contributed by atoms with van der Waals surface area (Å²) in [6, 6.07) is 10.5. The van der Waals surface area contributed by atoms with Gasteiger partial charge in [0.25, 0.3) is 0 Å². The number of hydrogen-bond acceptors (Lipinski definition) is 5. The Labute approximate surface area is 159 Å². The molecule has 1 aromatic carbocycles. The summed E-state index contributed by atoms with van der Waals surface area (Å²) in [5, 5.41) is 12.8. The normalized spacial score (nSPS) is 16.4. The molecule has 1 fully saturated rings. The van der Waals surface area contributed by atoms with E-state index in [-0.39, 0.29) is 11.2 Å². The third-order valence-corrected chi connectivity index (χ3v) is 5.96. The van der Waals surface area contributed by atoms with Gasteiger partial charge < -0.3 is 4.90 Å². The van der Waals surface area contributed by atoms with Gasteiger partial charge in [0, 0.05) is 13.1 Å². The highest BCUT2D eigenvalue weighted by Crippen LogP contribution is 2.31. The molecular formula is C19H27N5OS. The van der Waals surface area contributed by atoms with Crippen LogP contribution in [-0.2, 0) is 11.3 Å². The van der Waals surface area contributed by atoms with Crippen molar-refractivity contribution in [3.8, 4) is 0 Å². The molecule has 0 bridgehead atoms. The minimum atomic E-state index is -0.216. The Kier molecular flexibility index (Phi) is 6.66. The lowest BCUT2D eigenvalue weighted by molar-refractivity contribution is -0.130. The molecule has 1 saturated carbocycles. The predicted molar refractivity (Wildman–Crippen MR) is 103 cm³/mol. The van der Waals surface area contributed by atoms with E-state index in [9.17, 15) is 4.79 Å². The van der Waals surface area contributed by atoms with Crippen LogP contribution < -0.4 is 0 Å². The van der Waals surface area contributed by atoms with Crippen LogP contribution in [0.4, 0.5) is 0 Å². The van der Waals surface area contributed by atoms with Crippen LogP contribution in [0.2, 0.25) is 0 Å². The Morgan fingerprint density at radius 3 is 2.69 bits per heavy atom. The topological polar surface area (TPSA) is 63.9 Å². The number of thioether (sulfide) groups is 1. The molecule has 1 heterocycles. The molecule has 1 aliphatic rings. The van der Waals surface area contributed by atoms with E-state index in [1.54, 1.807) is 0 Å². The summed E-state index contributed by atoms with van der Waals surface area (Å²) in [5.74, 6) is 0.125. The van der Waals surface area contributed by atoms with Gasteiger partial charge in [-0.1, -0.05) is 61.4 Å². The fourth-order valence-corrected chi connectivity index (χ4v) is 4.38. The Hall–Kier alpha value is -1.89. The standard InChI is InChI=1S/C19H27N5OS/c1-3-23(14-16-10-6-4-7-11-16)18(25)15(2)26-19-20-21-22-24(19)17-12-8-5-9-13-17/h4,6-7,10-11,15,17H,3,5,8-9,12-14H2,1-2H3. The number of amides is 1. The summed E-state index contributed by atoms with van der Waals surface area (Å²) in [4.78, 5) is 14.8. The fraction of sp³-hybridized carbons (Fsp3) is 0.579. The molecule has 1 aromatic heterocycles. The molecule has 1 aliphatic carbocycles. The maximum absolute atomic E-state index is 12.9. The second-order valence-corrected chi connectivity index (χ2v) is 8.10. The van der Waals surface area contributed by atoms with Gasteiger partial charge in [-0.05, 0) is 42.7 Å². The van der Waals surface area contributed by atoms with E-state index in [1.807, 2.05) is 41.6 Å². The average Bonchev–Trinajstić information content (AvgIpc) is 3.15. The molecule has 2 aromatic rings. The number of tetrazole rings is 1. The van der Waals surface area contributed by atoms with Crippen molar-refractivity contribution in [1.82, 2.24) is 25.1 Å². The summed E-state index contributed by atoms with van der Waals surface area (Å²) < 4.78 is 1.93. The van der Waals surface area contributed by atoms with Gasteiger partial charge in [0.15, 0.2) is 0 Å². The third-order valence-electron chi connectivity index (χ3n) is 4.92. The molecule has 6 nitrogen and oxygen atoms in total. The third kappa shape index (κ3) is 4.63. The van der Waals surface area contributed by atoms with Crippen molar-refractivity contribution in [2.45, 2.75) is 68.9 Å². The van der Waals surface area contributed by atoms with Gasteiger partial charge >= 0.3 is 0 Å². The fourth-order valence-electron chi connectivity index (χ4n) is 3.43. The molecule has 0 aliphatic heterocycles. The summed E-state index contributed by atoms with van der Waals surface area (Å²) >= 11 is 1.47. The SMILES string of the molecule is CCN(Cc1ccccc1)C(=O)C(C)Sc1nnnn1C1CCCCC1. The zero-order chi connectivity index (χ0) is 18.4. The van der Waals surface area contributed by atoms with E-state index in [1.165, 1.54) is 31.0 Å². The van der Waals surface area contributed by atoms with Crippen molar-refractivity contribution in [1.29, 1.82) is 0 Å². The van der Waals surface area contributed by atoms with Crippen LogP contribution >= 0.6 is 11.8 Å². The number of carbonyl (C=O) groups excluding carboxylic acids is 1. The molecule has 0 saturated heterocycles. The van der Waals surface area contributed by atoms with Crippen LogP contribution in [0.5, 0.6) is 0 Å². The first-order chi connectivity index (χ1) is 12.7. The first-order valence-electron chi connectivity index (χ1n) is 9.46. The van der Waals surface area contributed by atoms with Crippen LogP contribution in [-0.4, -0.2) is 42.8 Å². The van der Waals surface area contributed by atoms with Crippen molar-refractivity contribution in [3.63, 3.8) is 0 Å². The molecule has 0 N–H and O–H groups in total. The number of hydrogen-bond donors (Lipinski definition) is 0. The van der Waals surface area contributed by atoms with Crippen molar-refractivity contribution in [2.24, 2.45) is 0 Å². The van der Waals surface area contributed by atoms with Gasteiger partial charge in [-0.25, -0.2) is 4.68 Å². The molecule has 0 radical (unpaired) electrons. The summed E-state index contributed by atoms with van der Waals surface area (Å²) in [5.41, 5.74) is 1.15. The molecule has 3 rings (SSSR count). The second-order valence-electron chi connectivity index (χ2n) is 6.80. The predicted octanol–water partition coefficient (Wildman–Crippen LogP) is 3.71. The van der Waals surface area contributed by atoms with Crippen LogP contribution in [0.15, 0.2) is 35.5 Å². The van der Waals surface area contributed by atoms with Gasteiger partial charge in [-0.15, -0.1) is 5.10 Å². The van der Waals surface area contributed by atoms with Crippen molar-refractivity contribution < 1.29 is 4.79 Å². The Balaban J connectivity index is 1.64. The van der Waals surface area contributed by atoms with Crippen LogP contribution in [0.25, 0.3) is 0 Å². The molecule has 1 amide bonds. The molecule has 1 atom stereocenters. The lowest BCUT2D eigenvalue weighted by Crippen LogP contribution is -2.36. The van der Waals surface area contributed by atoms with Crippen LogP contribution in [0.3, 0.4) is 0 Å². The maximum atomic E-state index is 12.9. The Morgan fingerprint density at radius 2 is 2.00 bits per heavy atom. The van der Waals surface area contributed by atoms with Gasteiger partial charge in [0.05, 0.1) is 11.3 Å². The molecule has 7 heteroatoms. The van der Waals surface area contributed by atoms with E-state index < -0.39 is 0 Å². The van der Waals surface area contributed by atoms with E-state index >= 15 is 0 Å². The zero-order valence-electron chi connectivity index (χ0n) is 15.5. The number of carbonyl (C=O) groups is 1. The number of rotatable bonds is 7. The highest BCUT2D eigenvalue weighted by Gasteiger charge is 2.26. The van der Waals surface area contributed by atoms with E-state index in [0.717, 1.165) is 23.6 Å². The Bertz CT molecular complexity index is 699. The molecule has 140 valence electrons. The minimum Gasteiger partial charge on any atom is -0.338 e. The highest BCUT2D eigenvalue weighted by molar-refractivity contribution is 8.00. The maximum Gasteiger partial charge on any atom is 0.236 e. The summed E-state index contributed by atoms with van der Waals surface area (Å²) in [6.07, 6.45) is 5.99. The lowest BCUT2D eigenvalue weighted by Gasteiger charge is -2.25. The van der Waals surface area contributed by atoms with E-state index in [4.69, 9.17) is 0 Å². The lowest BCUT2D eigenvalue weighted by atomic mass is 9.96.